The Labute approximate surface area is 293 Å². The van der Waals surface area contributed by atoms with Crippen LogP contribution < -0.4 is 16.4 Å². The summed E-state index contributed by atoms with van der Waals surface area (Å²) in [5.74, 6) is 0.147. The molecule has 0 amide bonds. The van der Waals surface area contributed by atoms with E-state index in [1.807, 2.05) is 25.2 Å². The zero-order valence-electron chi connectivity index (χ0n) is 29.4. The van der Waals surface area contributed by atoms with Crippen molar-refractivity contribution in [3.63, 3.8) is 0 Å². The van der Waals surface area contributed by atoms with Gasteiger partial charge in [0, 0.05) is 36.9 Å². The third-order valence-corrected chi connectivity index (χ3v) is 9.73. The van der Waals surface area contributed by atoms with Gasteiger partial charge in [-0.15, -0.1) is 0 Å². The molecule has 49 heavy (non-hydrogen) atoms. The molecular formula is C44H52N4O. The number of rotatable bonds is 16. The molecule has 5 nitrogen and oxygen atoms in total. The number of fused-ring (bicyclic) bond motifs is 1. The van der Waals surface area contributed by atoms with Gasteiger partial charge in [-0.1, -0.05) is 123 Å². The second-order valence-corrected chi connectivity index (χ2v) is 13.6. The van der Waals surface area contributed by atoms with Crippen molar-refractivity contribution in [2.24, 2.45) is 5.73 Å². The number of allylic oxidation sites excluding steroid dienone is 1. The lowest BCUT2D eigenvalue weighted by atomic mass is 9.94. The van der Waals surface area contributed by atoms with Gasteiger partial charge in [-0.05, 0) is 84.2 Å². The summed E-state index contributed by atoms with van der Waals surface area (Å²) >= 11 is 0. The van der Waals surface area contributed by atoms with Crippen LogP contribution in [-0.2, 0) is 24.1 Å². The Kier molecular flexibility index (Phi) is 12.4. The number of nitrogens with zero attached hydrogens (tertiary/aromatic N) is 1. The molecule has 5 heteroatoms. The molecular weight excluding hydrogens is 601 g/mol. The molecule has 0 saturated heterocycles. The molecule has 2 unspecified atom stereocenters. The number of nitrogens with one attached hydrogen (secondary N) is 2. The zero-order chi connectivity index (χ0) is 34.6. The van der Waals surface area contributed by atoms with E-state index < -0.39 is 0 Å². The minimum atomic E-state index is -0.334. The van der Waals surface area contributed by atoms with E-state index >= 15 is 0 Å². The Morgan fingerprint density at radius 3 is 2.29 bits per heavy atom. The van der Waals surface area contributed by atoms with Crippen LogP contribution >= 0.6 is 0 Å². The lowest BCUT2D eigenvalue weighted by Gasteiger charge is -2.30. The number of carbonyl (C=O) groups excluding carboxylic acids is 1. The van der Waals surface area contributed by atoms with Gasteiger partial charge < -0.3 is 21.3 Å². The summed E-state index contributed by atoms with van der Waals surface area (Å²) in [6.07, 6.45) is 10.4. The number of likely N-dealkylation sites (N-methyl/N-ethyl adjacent to an activating group) is 1. The van der Waals surface area contributed by atoms with Crippen LogP contribution in [0.5, 0.6) is 0 Å². The first-order valence-corrected chi connectivity index (χ1v) is 17.6. The van der Waals surface area contributed by atoms with E-state index in [0.29, 0.717) is 6.42 Å². The van der Waals surface area contributed by atoms with Crippen LogP contribution in [0.2, 0.25) is 0 Å². The molecule has 0 saturated carbocycles. The van der Waals surface area contributed by atoms with Crippen molar-refractivity contribution in [1.82, 2.24) is 15.5 Å². The van der Waals surface area contributed by atoms with Crippen molar-refractivity contribution in [2.75, 3.05) is 20.1 Å². The monoisotopic (exact) mass is 652 g/mol. The van der Waals surface area contributed by atoms with Crippen molar-refractivity contribution in [2.45, 2.75) is 63.6 Å². The number of hydrogen-bond donors (Lipinski definition) is 3. The predicted molar refractivity (Wildman–Crippen MR) is 206 cm³/mol. The second kappa shape index (κ2) is 17.1. The van der Waals surface area contributed by atoms with Crippen LogP contribution in [0.25, 0.3) is 17.2 Å². The molecule has 1 aliphatic heterocycles. The van der Waals surface area contributed by atoms with Crippen molar-refractivity contribution < 1.29 is 4.79 Å². The van der Waals surface area contributed by atoms with Gasteiger partial charge in [0.1, 0.15) is 0 Å². The number of carbonyl (C=O) groups is 1. The van der Waals surface area contributed by atoms with Gasteiger partial charge in [0.05, 0.1) is 18.6 Å². The first-order valence-electron chi connectivity index (χ1n) is 17.6. The summed E-state index contributed by atoms with van der Waals surface area (Å²) in [6.45, 7) is 9.62. The molecule has 4 N–H and O–H groups in total. The average molecular weight is 653 g/mol. The summed E-state index contributed by atoms with van der Waals surface area (Å²) in [5, 5.41) is 7.15. The highest BCUT2D eigenvalue weighted by atomic mass is 16.1. The number of Topliss-reactive ketones (excluding diaryl/α,β-unsaturated/α-hetero) is 1. The van der Waals surface area contributed by atoms with Gasteiger partial charge in [0.15, 0.2) is 5.78 Å². The van der Waals surface area contributed by atoms with E-state index in [2.05, 4.69) is 145 Å². The molecule has 4 aromatic rings. The molecule has 0 fully saturated rings. The fraction of sp³-hybridized carbons (Fsp3) is 0.295. The summed E-state index contributed by atoms with van der Waals surface area (Å²) in [7, 11) is 2.04. The van der Waals surface area contributed by atoms with Gasteiger partial charge in [-0.25, -0.2) is 0 Å². The van der Waals surface area contributed by atoms with Gasteiger partial charge in [-0.2, -0.15) is 0 Å². The van der Waals surface area contributed by atoms with Crippen LogP contribution in [0.4, 0.5) is 0 Å². The fourth-order valence-electron chi connectivity index (χ4n) is 6.25. The predicted octanol–water partition coefficient (Wildman–Crippen LogP) is 7.74. The normalized spacial score (nSPS) is 16.3. The third-order valence-electron chi connectivity index (χ3n) is 9.73. The SMILES string of the molecule is C=C(NCCc1ccccc1)C(Cc1ccccc1)NCC(=O)[C@H]1Cc2ccc(-c3ccccc3)cc2C=C(/C=C/CC(C)(N)CC)N1C. The maximum atomic E-state index is 14.2. The standard InChI is InChI=1S/C44H52N4O/c1-5-44(3,45)26-15-22-40-30-39-29-37(36-20-13-8-14-21-36)23-24-38(39)31-42(48(40)4)43(49)32-47-41(28-35-18-11-7-12-19-35)33(2)46-27-25-34-16-9-6-10-17-34/h6-24,29-30,41-42,46-47H,2,5,25-28,31-32,45H2,1,3-4H3/b22-15+/t41?,42-,44?/m1/s1. The Morgan fingerprint density at radius 2 is 1.61 bits per heavy atom. The van der Waals surface area contributed by atoms with Gasteiger partial charge in [0.25, 0.3) is 0 Å². The lowest BCUT2D eigenvalue weighted by Crippen LogP contribution is -2.47. The minimum absolute atomic E-state index is 0.106. The van der Waals surface area contributed by atoms with Crippen molar-refractivity contribution >= 4 is 11.9 Å². The van der Waals surface area contributed by atoms with E-state index in [4.69, 9.17) is 5.73 Å². The maximum Gasteiger partial charge on any atom is 0.169 e. The maximum absolute atomic E-state index is 14.2. The molecule has 0 bridgehead atoms. The molecule has 0 radical (unpaired) electrons. The topological polar surface area (TPSA) is 70.4 Å². The third kappa shape index (κ3) is 10.1. The highest BCUT2D eigenvalue weighted by Crippen LogP contribution is 2.30. The number of ketones is 1. The molecule has 3 atom stereocenters. The summed E-state index contributed by atoms with van der Waals surface area (Å²) in [5.41, 5.74) is 15.2. The molecule has 4 aromatic carbocycles. The smallest absolute Gasteiger partial charge is 0.169 e. The lowest BCUT2D eigenvalue weighted by molar-refractivity contribution is -0.122. The van der Waals surface area contributed by atoms with Crippen LogP contribution in [0.1, 0.15) is 48.9 Å². The Balaban J connectivity index is 1.35. The molecule has 0 spiro atoms. The Hall–Kier alpha value is -4.71. The molecule has 5 rings (SSSR count). The van der Waals surface area contributed by atoms with E-state index in [-0.39, 0.29) is 30.0 Å². The average Bonchev–Trinajstić information content (AvgIpc) is 3.26. The summed E-state index contributed by atoms with van der Waals surface area (Å²) in [6, 6.07) is 37.5. The fourth-order valence-corrected chi connectivity index (χ4v) is 6.25. The minimum Gasteiger partial charge on any atom is -0.387 e. The molecule has 254 valence electrons. The first kappa shape index (κ1) is 35.6. The van der Waals surface area contributed by atoms with E-state index in [1.165, 1.54) is 22.3 Å². The quantitative estimate of drug-likeness (QED) is 0.116. The highest BCUT2D eigenvalue weighted by molar-refractivity contribution is 5.87. The van der Waals surface area contributed by atoms with E-state index in [1.54, 1.807) is 0 Å². The van der Waals surface area contributed by atoms with Crippen LogP contribution in [0, 0.1) is 0 Å². The first-order chi connectivity index (χ1) is 23.7. The van der Waals surface area contributed by atoms with Gasteiger partial charge in [0.2, 0.25) is 0 Å². The Morgan fingerprint density at radius 1 is 0.959 bits per heavy atom. The Bertz CT molecular complexity index is 1730. The number of benzene rings is 4. The highest BCUT2D eigenvalue weighted by Gasteiger charge is 2.29. The van der Waals surface area contributed by atoms with Crippen molar-refractivity contribution in [1.29, 1.82) is 0 Å². The van der Waals surface area contributed by atoms with Crippen molar-refractivity contribution in [3.05, 3.63) is 162 Å². The van der Waals surface area contributed by atoms with Gasteiger partial charge in [-0.3, -0.25) is 4.79 Å². The van der Waals surface area contributed by atoms with Gasteiger partial charge >= 0.3 is 0 Å². The zero-order valence-corrected chi connectivity index (χ0v) is 29.4. The molecule has 0 aromatic heterocycles. The number of hydrogen-bond acceptors (Lipinski definition) is 5. The van der Waals surface area contributed by atoms with Crippen molar-refractivity contribution in [3.8, 4) is 11.1 Å². The largest absolute Gasteiger partial charge is 0.387 e. The van der Waals surface area contributed by atoms with E-state index in [0.717, 1.165) is 54.7 Å². The summed E-state index contributed by atoms with van der Waals surface area (Å²) < 4.78 is 0. The van der Waals surface area contributed by atoms with E-state index in [9.17, 15) is 4.79 Å². The molecule has 0 aliphatic carbocycles. The van der Waals surface area contributed by atoms with Crippen LogP contribution in [0.15, 0.2) is 139 Å². The summed E-state index contributed by atoms with van der Waals surface area (Å²) in [4.78, 5) is 16.4. The second-order valence-electron chi connectivity index (χ2n) is 13.6. The number of nitrogens with two attached hydrogens (primary N) is 1. The van der Waals surface area contributed by atoms with Crippen LogP contribution in [0.3, 0.4) is 0 Å². The molecule has 1 aliphatic rings. The van der Waals surface area contributed by atoms with Crippen LogP contribution in [-0.4, -0.2) is 48.4 Å². The molecule has 1 heterocycles.